The fourth-order valence-corrected chi connectivity index (χ4v) is 5.66. The maximum Gasteiger partial charge on any atom is 4.00 e. The standard InChI is InChI=1S/2C11H14O2S.2C6H7.Ti/c2*1-7-4-8(2)11(9(3)5-7)14-6-10(12)13;2*1-6-4-2-3-5-6;/h2*4-5H,6H2,1-3H3,(H,12,13);2*2-5H,1H3;/q;;;;+4/p-2. The maximum atomic E-state index is 10.3. The number of hydrogen-bond acceptors (Lipinski definition) is 6. The Morgan fingerprint density at radius 3 is 0.951 bits per heavy atom. The van der Waals surface area contributed by atoms with Gasteiger partial charge in [-0.15, -0.1) is 23.5 Å². The Kier molecular flexibility index (Phi) is 20.8. The molecule has 41 heavy (non-hydrogen) atoms. The molecule has 214 valence electrons. The first-order valence-corrected chi connectivity index (χ1v) is 14.9. The van der Waals surface area contributed by atoms with E-state index in [0.29, 0.717) is 0 Å². The molecule has 2 aromatic rings. The summed E-state index contributed by atoms with van der Waals surface area (Å²) < 4.78 is 0. The third kappa shape index (κ3) is 17.5. The molecule has 4 rings (SSSR count). The second-order valence-corrected chi connectivity index (χ2v) is 11.7. The van der Waals surface area contributed by atoms with Crippen LogP contribution in [0.5, 0.6) is 0 Å². The largest absolute Gasteiger partial charge is 4.00 e. The summed E-state index contributed by atoms with van der Waals surface area (Å²) >= 11 is 2.66. The Morgan fingerprint density at radius 2 is 0.780 bits per heavy atom. The molecule has 2 fully saturated rings. The van der Waals surface area contributed by atoms with E-state index in [2.05, 4.69) is 63.8 Å². The second-order valence-electron chi connectivity index (χ2n) is 9.70. The van der Waals surface area contributed by atoms with Crippen molar-refractivity contribution in [3.8, 4) is 0 Å². The summed E-state index contributed by atoms with van der Waals surface area (Å²) in [7, 11) is 0. The number of hydrogen-bond donors (Lipinski definition) is 0. The van der Waals surface area contributed by atoms with Crippen LogP contribution in [0.3, 0.4) is 0 Å². The number of carbonyl (C=O) groups excluding carboxylic acids is 2. The van der Waals surface area contributed by atoms with Gasteiger partial charge in [0.05, 0.1) is 11.9 Å². The van der Waals surface area contributed by atoms with E-state index in [0.717, 1.165) is 32.0 Å². The average molecular weight is 625 g/mol. The summed E-state index contributed by atoms with van der Waals surface area (Å²) in [5.41, 5.74) is 6.95. The van der Waals surface area contributed by atoms with Crippen LogP contribution in [0.2, 0.25) is 0 Å². The van der Waals surface area contributed by atoms with E-state index in [1.807, 2.05) is 67.2 Å². The molecular formula is C34H40O4S2Ti+2. The molecule has 0 unspecified atom stereocenters. The Hall–Kier alpha value is -1.21. The second kappa shape index (κ2) is 21.5. The van der Waals surface area contributed by atoms with Crippen LogP contribution in [-0.2, 0) is 31.3 Å². The third-order valence-corrected chi connectivity index (χ3v) is 8.16. The van der Waals surface area contributed by atoms with Crippen LogP contribution in [0.15, 0.2) is 34.1 Å². The number of thioether (sulfide) groups is 2. The first-order valence-electron chi connectivity index (χ1n) is 13.0. The predicted octanol–water partition coefficient (Wildman–Crippen LogP) is 5.73. The van der Waals surface area contributed by atoms with Crippen LogP contribution in [0.4, 0.5) is 0 Å². The molecule has 0 N–H and O–H groups in total. The molecule has 0 bridgehead atoms. The van der Waals surface area contributed by atoms with Gasteiger partial charge < -0.3 is 19.8 Å². The summed E-state index contributed by atoms with van der Waals surface area (Å²) in [4.78, 5) is 22.8. The van der Waals surface area contributed by atoms with Crippen molar-refractivity contribution < 1.29 is 41.5 Å². The molecule has 2 aliphatic rings. The number of carbonyl (C=O) groups is 2. The van der Waals surface area contributed by atoms with Crippen molar-refractivity contribution in [3.63, 3.8) is 0 Å². The number of aryl methyl sites for hydroxylation is 6. The van der Waals surface area contributed by atoms with Gasteiger partial charge in [0.2, 0.25) is 0 Å². The van der Waals surface area contributed by atoms with E-state index >= 15 is 0 Å². The number of benzene rings is 2. The van der Waals surface area contributed by atoms with Gasteiger partial charge in [0.25, 0.3) is 0 Å². The first kappa shape index (κ1) is 39.8. The van der Waals surface area contributed by atoms with Crippen molar-refractivity contribution in [3.05, 3.63) is 121 Å². The van der Waals surface area contributed by atoms with Gasteiger partial charge in [-0.25, -0.2) is 0 Å². The van der Waals surface area contributed by atoms with Gasteiger partial charge in [-0.2, -0.15) is 0 Å². The average Bonchev–Trinajstić information content (AvgIpc) is 3.52. The van der Waals surface area contributed by atoms with E-state index in [1.54, 1.807) is 0 Å². The van der Waals surface area contributed by atoms with Gasteiger partial charge in [0.15, 0.2) is 0 Å². The topological polar surface area (TPSA) is 80.3 Å². The molecule has 4 nitrogen and oxygen atoms in total. The Morgan fingerprint density at radius 1 is 0.537 bits per heavy atom. The number of carboxylic acid groups (broad SMARTS) is 2. The smallest absolute Gasteiger partial charge is 0.549 e. The zero-order valence-corrected chi connectivity index (χ0v) is 28.5. The quantitative estimate of drug-likeness (QED) is 0.302. The summed E-state index contributed by atoms with van der Waals surface area (Å²) in [5.74, 6) is 0.684. The molecule has 0 heterocycles. The van der Waals surface area contributed by atoms with Crippen molar-refractivity contribution in [2.75, 3.05) is 11.5 Å². The summed E-state index contributed by atoms with van der Waals surface area (Å²) in [6.45, 7) is 16.2. The Labute approximate surface area is 273 Å². The molecule has 2 aromatic carbocycles. The molecule has 0 spiro atoms. The molecule has 0 atom stereocenters. The Balaban J connectivity index is 0.000000552. The zero-order valence-electron chi connectivity index (χ0n) is 25.3. The third-order valence-electron chi connectivity index (χ3n) is 5.54. The Bertz CT molecular complexity index is 943. The van der Waals surface area contributed by atoms with Crippen molar-refractivity contribution in [2.24, 2.45) is 0 Å². The van der Waals surface area contributed by atoms with Crippen LogP contribution >= 0.6 is 23.5 Å². The van der Waals surface area contributed by atoms with E-state index in [-0.39, 0.29) is 33.2 Å². The number of rotatable bonds is 6. The van der Waals surface area contributed by atoms with E-state index in [9.17, 15) is 19.8 Å². The molecular weight excluding hydrogens is 584 g/mol. The summed E-state index contributed by atoms with van der Waals surface area (Å²) in [5, 5.41) is 20.7. The molecule has 0 amide bonds. The van der Waals surface area contributed by atoms with Gasteiger partial charge in [-0.3, -0.25) is 0 Å². The van der Waals surface area contributed by atoms with Gasteiger partial charge in [0.1, 0.15) is 0 Å². The summed E-state index contributed by atoms with van der Waals surface area (Å²) in [6.07, 6.45) is 16.5. The monoisotopic (exact) mass is 624 g/mol. The molecule has 0 aromatic heterocycles. The minimum Gasteiger partial charge on any atom is -0.549 e. The molecule has 7 heteroatoms. The molecule has 2 aliphatic carbocycles. The minimum absolute atomic E-state index is 0. The van der Waals surface area contributed by atoms with Gasteiger partial charge in [-0.05, 0) is 127 Å². The van der Waals surface area contributed by atoms with Crippen LogP contribution < -0.4 is 10.2 Å². The van der Waals surface area contributed by atoms with Gasteiger partial charge >= 0.3 is 21.7 Å². The zero-order chi connectivity index (χ0) is 30.2. The summed E-state index contributed by atoms with van der Waals surface area (Å²) in [6, 6.07) is 8.24. The van der Waals surface area contributed by atoms with Crippen molar-refractivity contribution >= 4 is 35.5 Å². The fraction of sp³-hybridized carbons (Fsp3) is 0.294. The normalized spacial score (nSPS) is 14.4. The van der Waals surface area contributed by atoms with Crippen LogP contribution in [0, 0.1) is 105 Å². The van der Waals surface area contributed by atoms with E-state index in [4.69, 9.17) is 0 Å². The number of aliphatic carboxylic acids is 2. The fourth-order valence-electron chi connectivity index (χ4n) is 3.99. The SMILES string of the molecule is C[C]1[CH][CH][CH][CH]1.C[C]1[CH][CH][CH][CH]1.Cc1cc(C)c(SCC(=O)[O-])c(C)c1.Cc1cc(C)c(SCC(=O)[O-])c(C)c1.[Ti+4]. The van der Waals surface area contributed by atoms with Crippen LogP contribution in [0.25, 0.3) is 0 Å². The molecule has 10 radical (unpaired) electrons. The van der Waals surface area contributed by atoms with E-state index < -0.39 is 11.9 Å². The maximum absolute atomic E-state index is 10.3. The van der Waals surface area contributed by atoms with Gasteiger partial charge in [0, 0.05) is 21.3 Å². The van der Waals surface area contributed by atoms with Crippen LogP contribution in [0.1, 0.15) is 47.2 Å². The van der Waals surface area contributed by atoms with Crippen molar-refractivity contribution in [2.45, 2.75) is 65.2 Å². The van der Waals surface area contributed by atoms with Crippen molar-refractivity contribution in [1.82, 2.24) is 0 Å². The van der Waals surface area contributed by atoms with Gasteiger partial charge in [-0.1, -0.05) is 49.2 Å². The first-order chi connectivity index (χ1) is 18.8. The number of carboxylic acids is 2. The molecule has 0 aliphatic heterocycles. The molecule has 0 saturated heterocycles. The molecule has 2 saturated carbocycles. The van der Waals surface area contributed by atoms with Crippen molar-refractivity contribution in [1.29, 1.82) is 0 Å². The minimum atomic E-state index is -1.02. The van der Waals surface area contributed by atoms with E-state index in [1.165, 1.54) is 46.5 Å². The predicted molar refractivity (Wildman–Crippen MR) is 165 cm³/mol. The van der Waals surface area contributed by atoms with Crippen LogP contribution in [-0.4, -0.2) is 23.4 Å².